The molecule has 0 saturated carbocycles. The molecule has 0 aliphatic carbocycles. The molecule has 9 nitrogen and oxygen atoms in total. The van der Waals surface area contributed by atoms with Crippen molar-refractivity contribution in [3.8, 4) is 0 Å². The van der Waals surface area contributed by atoms with Gasteiger partial charge in [-0.15, -0.1) is 24.0 Å². The summed E-state index contributed by atoms with van der Waals surface area (Å²) >= 11 is 0. The number of piperazine rings is 1. The van der Waals surface area contributed by atoms with Gasteiger partial charge in [0.25, 0.3) is 0 Å². The van der Waals surface area contributed by atoms with Gasteiger partial charge in [-0.2, -0.15) is 0 Å². The van der Waals surface area contributed by atoms with E-state index < -0.39 is 9.84 Å². The molecule has 1 atom stereocenters. The van der Waals surface area contributed by atoms with Gasteiger partial charge in [0.1, 0.15) is 0 Å². The minimum Gasteiger partial charge on any atom is -0.357 e. The summed E-state index contributed by atoms with van der Waals surface area (Å²) in [6.45, 7) is 12.8. The zero-order valence-corrected chi connectivity index (χ0v) is 22.1. The number of amides is 1. The summed E-state index contributed by atoms with van der Waals surface area (Å²) in [7, 11) is -2.84. The predicted octanol–water partition coefficient (Wildman–Crippen LogP) is -0.0712. The second-order valence-electron chi connectivity index (χ2n) is 8.46. The molecule has 1 unspecified atom stereocenters. The maximum Gasteiger partial charge on any atom is 0.239 e. The molecule has 0 radical (unpaired) electrons. The van der Waals surface area contributed by atoms with Gasteiger partial charge in [0.2, 0.25) is 5.91 Å². The number of guanidine groups is 1. The van der Waals surface area contributed by atoms with Crippen molar-refractivity contribution < 1.29 is 13.2 Å². The van der Waals surface area contributed by atoms with E-state index in [1.807, 2.05) is 11.8 Å². The van der Waals surface area contributed by atoms with Gasteiger partial charge in [0.15, 0.2) is 15.8 Å². The number of hydrogen-bond donors (Lipinski definition) is 1. The number of likely N-dealkylation sites (tertiary alicyclic amines) is 1. The van der Waals surface area contributed by atoms with Gasteiger partial charge in [-0.1, -0.05) is 0 Å². The van der Waals surface area contributed by atoms with E-state index in [0.29, 0.717) is 19.6 Å². The Labute approximate surface area is 204 Å². The van der Waals surface area contributed by atoms with Crippen LogP contribution in [0.3, 0.4) is 0 Å². The lowest BCUT2D eigenvalue weighted by molar-refractivity contribution is -0.135. The van der Waals surface area contributed by atoms with E-state index in [1.54, 1.807) is 0 Å². The molecule has 31 heavy (non-hydrogen) atoms. The van der Waals surface area contributed by atoms with Crippen LogP contribution in [0.15, 0.2) is 4.99 Å². The van der Waals surface area contributed by atoms with E-state index in [1.165, 1.54) is 0 Å². The van der Waals surface area contributed by atoms with E-state index in [4.69, 9.17) is 4.99 Å². The molecule has 0 spiro atoms. The number of carbonyl (C=O) groups is 1. The molecule has 0 aromatic carbocycles. The second kappa shape index (κ2) is 12.5. The molecule has 1 amide bonds. The van der Waals surface area contributed by atoms with E-state index >= 15 is 0 Å². The van der Waals surface area contributed by atoms with E-state index in [9.17, 15) is 13.2 Å². The van der Waals surface area contributed by atoms with Crippen molar-refractivity contribution in [2.45, 2.75) is 32.7 Å². The topological polar surface area (TPSA) is 88.6 Å². The number of halogens is 1. The van der Waals surface area contributed by atoms with Crippen molar-refractivity contribution in [2.24, 2.45) is 4.99 Å². The van der Waals surface area contributed by atoms with Crippen molar-refractivity contribution in [3.05, 3.63) is 0 Å². The van der Waals surface area contributed by atoms with E-state index in [-0.39, 0.29) is 47.4 Å². The summed E-state index contributed by atoms with van der Waals surface area (Å²) in [5, 5.41) is 3.38. The maximum absolute atomic E-state index is 12.7. The standard InChI is InChI=1S/C20H38N6O3S.HI/c1-3-21-20(22-6-9-23-14-16-30(28,29)17-15-23)26-12-10-24(11-13-26)18(2)19(27)25-7-4-5-8-25;/h18H,3-17H2,1-2H3,(H,21,22);1H. The highest BCUT2D eigenvalue weighted by Gasteiger charge is 2.30. The molecule has 1 N–H and O–H groups in total. The third kappa shape index (κ3) is 7.71. The molecule has 0 bridgehead atoms. The SMILES string of the molecule is CCNC(=NCCN1CCS(=O)(=O)CC1)N1CCN(C(C)C(=O)N2CCCC2)CC1.I. The van der Waals surface area contributed by atoms with Gasteiger partial charge >= 0.3 is 0 Å². The maximum atomic E-state index is 12.7. The fourth-order valence-electron chi connectivity index (χ4n) is 4.38. The first-order valence-electron chi connectivity index (χ1n) is 11.4. The first kappa shape index (κ1) is 26.6. The van der Waals surface area contributed by atoms with Crippen LogP contribution in [-0.2, 0) is 14.6 Å². The second-order valence-corrected chi connectivity index (χ2v) is 10.8. The Morgan fingerprint density at radius 3 is 2.16 bits per heavy atom. The minimum atomic E-state index is -2.84. The first-order valence-corrected chi connectivity index (χ1v) is 13.2. The Bertz CT molecular complexity index is 692. The lowest BCUT2D eigenvalue weighted by Crippen LogP contribution is -2.57. The largest absolute Gasteiger partial charge is 0.357 e. The average Bonchev–Trinajstić information content (AvgIpc) is 3.28. The van der Waals surface area contributed by atoms with E-state index in [2.05, 4.69) is 26.9 Å². The Morgan fingerprint density at radius 2 is 1.58 bits per heavy atom. The normalized spacial score (nSPS) is 24.0. The van der Waals surface area contributed by atoms with Crippen LogP contribution in [-0.4, -0.2) is 129 Å². The molecule has 3 saturated heterocycles. The number of sulfone groups is 1. The molecule has 3 rings (SSSR count). The van der Waals surface area contributed by atoms with Gasteiger partial charge < -0.3 is 15.1 Å². The number of hydrogen-bond acceptors (Lipinski definition) is 6. The third-order valence-electron chi connectivity index (χ3n) is 6.39. The summed E-state index contributed by atoms with van der Waals surface area (Å²) in [6, 6.07) is -0.0554. The first-order chi connectivity index (χ1) is 14.4. The molecular weight excluding hydrogens is 531 g/mol. The zero-order valence-electron chi connectivity index (χ0n) is 19.0. The van der Waals surface area contributed by atoms with E-state index in [0.717, 1.165) is 71.2 Å². The third-order valence-corrected chi connectivity index (χ3v) is 8.00. The molecule has 3 aliphatic heterocycles. The van der Waals surface area contributed by atoms with Crippen molar-refractivity contribution in [3.63, 3.8) is 0 Å². The van der Waals surface area contributed by atoms with Crippen LogP contribution in [0.2, 0.25) is 0 Å². The van der Waals surface area contributed by atoms with Gasteiger partial charge in [-0.05, 0) is 26.7 Å². The number of aliphatic imine (C=N–C) groups is 1. The quantitative estimate of drug-likeness (QED) is 0.272. The molecular formula is C20H39IN6O3S. The van der Waals surface area contributed by atoms with Crippen molar-refractivity contribution in [1.29, 1.82) is 0 Å². The molecule has 3 aliphatic rings. The highest BCUT2D eigenvalue weighted by atomic mass is 127. The smallest absolute Gasteiger partial charge is 0.239 e. The van der Waals surface area contributed by atoms with Crippen LogP contribution in [0.5, 0.6) is 0 Å². The van der Waals surface area contributed by atoms with Gasteiger partial charge in [-0.25, -0.2) is 8.42 Å². The number of carbonyl (C=O) groups excluding carboxylic acids is 1. The van der Waals surface area contributed by atoms with Gasteiger partial charge in [0.05, 0.1) is 24.1 Å². The summed E-state index contributed by atoms with van der Waals surface area (Å²) in [5.41, 5.74) is 0. The van der Waals surface area contributed by atoms with Crippen LogP contribution in [0, 0.1) is 0 Å². The molecule has 3 heterocycles. The minimum absolute atomic E-state index is 0. The molecule has 0 aromatic heterocycles. The van der Waals surface area contributed by atoms with Crippen LogP contribution in [0.25, 0.3) is 0 Å². The number of nitrogens with zero attached hydrogens (tertiary/aromatic N) is 5. The molecule has 0 aromatic rings. The predicted molar refractivity (Wildman–Crippen MR) is 135 cm³/mol. The summed E-state index contributed by atoms with van der Waals surface area (Å²) in [4.78, 5) is 26.2. The Balaban J connectivity index is 0.00000341. The monoisotopic (exact) mass is 570 g/mol. The van der Waals surface area contributed by atoms with Crippen LogP contribution >= 0.6 is 24.0 Å². The zero-order chi connectivity index (χ0) is 21.6. The fourth-order valence-corrected chi connectivity index (χ4v) is 5.65. The van der Waals surface area contributed by atoms with Gasteiger partial charge in [0, 0.05) is 65.4 Å². The van der Waals surface area contributed by atoms with Crippen molar-refractivity contribution in [2.75, 3.05) is 83.5 Å². The lowest BCUT2D eigenvalue weighted by Gasteiger charge is -2.39. The summed E-state index contributed by atoms with van der Waals surface area (Å²) in [5.74, 6) is 1.70. The lowest BCUT2D eigenvalue weighted by atomic mass is 10.2. The Morgan fingerprint density at radius 1 is 0.968 bits per heavy atom. The van der Waals surface area contributed by atoms with Crippen LogP contribution in [0.4, 0.5) is 0 Å². The summed E-state index contributed by atoms with van der Waals surface area (Å²) in [6.07, 6.45) is 2.25. The van der Waals surface area contributed by atoms with Gasteiger partial charge in [-0.3, -0.25) is 19.6 Å². The van der Waals surface area contributed by atoms with Crippen LogP contribution < -0.4 is 5.32 Å². The van der Waals surface area contributed by atoms with Crippen molar-refractivity contribution in [1.82, 2.24) is 24.9 Å². The highest BCUT2D eigenvalue weighted by Crippen LogP contribution is 2.14. The molecule has 3 fully saturated rings. The summed E-state index contributed by atoms with van der Waals surface area (Å²) < 4.78 is 23.1. The molecule has 180 valence electrons. The Kier molecular flexibility index (Phi) is 10.8. The highest BCUT2D eigenvalue weighted by molar-refractivity contribution is 14.0. The van der Waals surface area contributed by atoms with Crippen LogP contribution in [0.1, 0.15) is 26.7 Å². The fraction of sp³-hybridized carbons (Fsp3) is 0.900. The number of nitrogens with one attached hydrogen (secondary N) is 1. The average molecular weight is 571 g/mol. The molecule has 11 heteroatoms. The van der Waals surface area contributed by atoms with Crippen molar-refractivity contribution >= 4 is 45.7 Å². The number of rotatable bonds is 6. The Hall–Kier alpha value is -0.660.